The van der Waals surface area contributed by atoms with Crippen LogP contribution in [0, 0.1) is 0 Å². The minimum atomic E-state index is -0.863. The molecule has 0 saturated heterocycles. The zero-order valence-corrected chi connectivity index (χ0v) is 12.6. The molecule has 0 radical (unpaired) electrons. The number of hydrogen-bond acceptors (Lipinski definition) is 1. The Labute approximate surface area is 92.5 Å². The summed E-state index contributed by atoms with van der Waals surface area (Å²) in [6.45, 7) is 10.3. The van der Waals surface area contributed by atoms with Crippen LogP contribution in [0.15, 0.2) is 0 Å². The third-order valence-corrected chi connectivity index (χ3v) is 8.28. The van der Waals surface area contributed by atoms with Crippen molar-refractivity contribution in [1.29, 1.82) is 0 Å². The van der Waals surface area contributed by atoms with Crippen molar-refractivity contribution in [2.75, 3.05) is 6.61 Å². The molecule has 0 amide bonds. The van der Waals surface area contributed by atoms with E-state index >= 15 is 0 Å². The summed E-state index contributed by atoms with van der Waals surface area (Å²) in [7, 11) is -1.19. The Morgan fingerprint density at radius 2 is 1.64 bits per heavy atom. The third kappa shape index (κ3) is 8.97. The average Bonchev–Trinajstić information content (AvgIpc) is 2.10. The van der Waals surface area contributed by atoms with E-state index in [0.717, 1.165) is 6.42 Å². The standard InChI is InChI=1S/C11H28OSi2/c1-13(2)9-11-14(3,4)10-7-5-6-8-12/h12-13H,5-11H2,1-4H3. The van der Waals surface area contributed by atoms with Crippen molar-refractivity contribution in [3.8, 4) is 0 Å². The first kappa shape index (κ1) is 14.4. The van der Waals surface area contributed by atoms with Crippen molar-refractivity contribution in [2.45, 2.75) is 63.6 Å². The van der Waals surface area contributed by atoms with E-state index < -0.39 is 8.07 Å². The summed E-state index contributed by atoms with van der Waals surface area (Å²) in [4.78, 5) is 0. The maximum atomic E-state index is 8.69. The van der Waals surface area contributed by atoms with E-state index in [1.54, 1.807) is 6.04 Å². The first-order valence-corrected chi connectivity index (χ1v) is 12.6. The van der Waals surface area contributed by atoms with Crippen molar-refractivity contribution in [2.24, 2.45) is 0 Å². The highest BCUT2D eigenvalue weighted by molar-refractivity contribution is 6.78. The molecule has 0 bridgehead atoms. The fraction of sp³-hybridized carbons (Fsp3) is 1.00. The Kier molecular flexibility index (Phi) is 7.87. The summed E-state index contributed by atoms with van der Waals surface area (Å²) >= 11 is 0. The van der Waals surface area contributed by atoms with Gasteiger partial charge in [-0.05, 0) is 6.42 Å². The third-order valence-electron chi connectivity index (χ3n) is 2.91. The Morgan fingerprint density at radius 1 is 1.00 bits per heavy atom. The van der Waals surface area contributed by atoms with Gasteiger partial charge in [-0.3, -0.25) is 0 Å². The molecule has 0 rings (SSSR count). The minimum Gasteiger partial charge on any atom is -0.396 e. The largest absolute Gasteiger partial charge is 0.396 e. The number of hydrogen-bond donors (Lipinski definition) is 1. The molecule has 0 heterocycles. The highest BCUT2D eigenvalue weighted by Crippen LogP contribution is 2.22. The van der Waals surface area contributed by atoms with Crippen molar-refractivity contribution >= 4 is 16.9 Å². The molecular weight excluding hydrogens is 204 g/mol. The van der Waals surface area contributed by atoms with E-state index in [2.05, 4.69) is 26.2 Å². The lowest BCUT2D eigenvalue weighted by atomic mass is 10.3. The van der Waals surface area contributed by atoms with Crippen molar-refractivity contribution in [3.63, 3.8) is 0 Å². The van der Waals surface area contributed by atoms with Crippen LogP contribution < -0.4 is 0 Å². The fourth-order valence-corrected chi connectivity index (χ4v) is 8.59. The van der Waals surface area contributed by atoms with Gasteiger partial charge in [-0.25, -0.2) is 0 Å². The Morgan fingerprint density at radius 3 is 2.14 bits per heavy atom. The quantitative estimate of drug-likeness (QED) is 0.503. The van der Waals surface area contributed by atoms with Gasteiger partial charge in [0, 0.05) is 23.5 Å². The van der Waals surface area contributed by atoms with Crippen LogP contribution in [0.2, 0.25) is 44.3 Å². The maximum absolute atomic E-state index is 8.69. The molecule has 0 aliphatic rings. The monoisotopic (exact) mass is 232 g/mol. The number of aliphatic hydroxyl groups excluding tert-OH is 1. The van der Waals surface area contributed by atoms with Crippen LogP contribution in [-0.2, 0) is 0 Å². The first-order chi connectivity index (χ1) is 6.48. The van der Waals surface area contributed by atoms with Gasteiger partial charge in [-0.15, -0.1) is 0 Å². The normalized spacial score (nSPS) is 12.4. The smallest absolute Gasteiger partial charge is 0.0470 e. The van der Waals surface area contributed by atoms with Gasteiger partial charge in [0.05, 0.1) is 0 Å². The molecule has 0 saturated carbocycles. The number of rotatable bonds is 8. The molecule has 14 heavy (non-hydrogen) atoms. The number of aliphatic hydroxyl groups is 1. The second kappa shape index (κ2) is 7.66. The summed E-state index contributed by atoms with van der Waals surface area (Å²) in [5.41, 5.74) is 0. The van der Waals surface area contributed by atoms with Gasteiger partial charge in [0.15, 0.2) is 0 Å². The molecule has 0 aromatic heterocycles. The van der Waals surface area contributed by atoms with Gasteiger partial charge >= 0.3 is 0 Å². The molecule has 0 fully saturated rings. The topological polar surface area (TPSA) is 20.2 Å². The zero-order valence-electron chi connectivity index (χ0n) is 10.5. The van der Waals surface area contributed by atoms with E-state index in [9.17, 15) is 0 Å². The molecular formula is C11H28OSi2. The van der Waals surface area contributed by atoms with Crippen LogP contribution in [-0.4, -0.2) is 28.6 Å². The summed E-state index contributed by atoms with van der Waals surface area (Å²) in [5.74, 6) is 0. The molecule has 0 atom stereocenters. The molecule has 0 aromatic carbocycles. The zero-order chi connectivity index (χ0) is 11.0. The van der Waals surface area contributed by atoms with Crippen LogP contribution in [0.5, 0.6) is 0 Å². The van der Waals surface area contributed by atoms with Crippen LogP contribution in [0.4, 0.5) is 0 Å². The second-order valence-corrected chi connectivity index (χ2v) is 14.3. The molecule has 0 aromatic rings. The predicted molar refractivity (Wildman–Crippen MR) is 71.7 cm³/mol. The molecule has 0 aliphatic heterocycles. The Hall–Kier alpha value is 0.394. The predicted octanol–water partition coefficient (Wildman–Crippen LogP) is 3.34. The van der Waals surface area contributed by atoms with Gasteiger partial charge in [0.25, 0.3) is 0 Å². The van der Waals surface area contributed by atoms with Gasteiger partial charge in [0.2, 0.25) is 0 Å². The average molecular weight is 233 g/mol. The highest BCUT2D eigenvalue weighted by atomic mass is 28.3. The van der Waals surface area contributed by atoms with Crippen molar-refractivity contribution < 1.29 is 5.11 Å². The first-order valence-electron chi connectivity index (χ1n) is 6.09. The van der Waals surface area contributed by atoms with Gasteiger partial charge in [-0.1, -0.05) is 57.2 Å². The highest BCUT2D eigenvalue weighted by Gasteiger charge is 2.19. The molecule has 1 N–H and O–H groups in total. The molecule has 0 aliphatic carbocycles. The van der Waals surface area contributed by atoms with Crippen molar-refractivity contribution in [1.82, 2.24) is 0 Å². The van der Waals surface area contributed by atoms with Crippen LogP contribution >= 0.6 is 0 Å². The lowest BCUT2D eigenvalue weighted by Crippen LogP contribution is -2.26. The molecule has 3 heteroatoms. The van der Waals surface area contributed by atoms with Crippen LogP contribution in [0.1, 0.15) is 19.3 Å². The number of unbranched alkanes of at least 4 members (excludes halogenated alkanes) is 2. The minimum absolute atomic E-state index is 0.323. The molecule has 0 spiro atoms. The molecule has 1 nitrogen and oxygen atoms in total. The molecule has 0 unspecified atom stereocenters. The maximum Gasteiger partial charge on any atom is 0.0470 e. The van der Waals surface area contributed by atoms with Crippen LogP contribution in [0.3, 0.4) is 0 Å². The van der Waals surface area contributed by atoms with E-state index in [0.29, 0.717) is 6.61 Å². The summed E-state index contributed by atoms with van der Waals surface area (Å²) in [5, 5.41) is 8.69. The second-order valence-electron chi connectivity index (χ2n) is 5.63. The van der Waals surface area contributed by atoms with Gasteiger partial charge in [0.1, 0.15) is 0 Å². The Bertz CT molecular complexity index is 135. The van der Waals surface area contributed by atoms with Crippen molar-refractivity contribution in [3.05, 3.63) is 0 Å². The van der Waals surface area contributed by atoms with Gasteiger partial charge < -0.3 is 5.11 Å². The summed E-state index contributed by atoms with van der Waals surface area (Å²) in [6, 6.07) is 4.54. The van der Waals surface area contributed by atoms with E-state index in [1.807, 2.05) is 0 Å². The SMILES string of the molecule is C[SiH](C)CC[Si](C)(C)CCCCCO. The summed E-state index contributed by atoms with van der Waals surface area (Å²) in [6.07, 6.45) is 3.58. The lowest BCUT2D eigenvalue weighted by Gasteiger charge is -2.23. The Balaban J connectivity index is 3.50. The summed E-state index contributed by atoms with van der Waals surface area (Å²) < 4.78 is 0. The fourth-order valence-electron chi connectivity index (χ4n) is 1.70. The van der Waals surface area contributed by atoms with E-state index in [4.69, 9.17) is 5.11 Å². The lowest BCUT2D eigenvalue weighted by molar-refractivity contribution is 0.284. The van der Waals surface area contributed by atoms with E-state index in [1.165, 1.54) is 24.9 Å². The van der Waals surface area contributed by atoms with Crippen LogP contribution in [0.25, 0.3) is 0 Å². The molecule has 86 valence electrons. The van der Waals surface area contributed by atoms with Gasteiger partial charge in [-0.2, -0.15) is 0 Å². The van der Waals surface area contributed by atoms with E-state index in [-0.39, 0.29) is 8.80 Å².